The van der Waals surface area contributed by atoms with Gasteiger partial charge in [-0.05, 0) is 12.1 Å². The van der Waals surface area contributed by atoms with Crippen LogP contribution in [0.25, 0.3) is 11.1 Å². The number of aromatic carboxylic acids is 1. The Labute approximate surface area is 107 Å². The maximum atomic E-state index is 13.7. The monoisotopic (exact) mass is 265 g/mol. The van der Waals surface area contributed by atoms with E-state index in [1.54, 1.807) is 0 Å². The Bertz CT molecular complexity index is 644. The molecule has 4 nitrogen and oxygen atoms in total. The average molecular weight is 265 g/mol. The number of halogens is 2. The van der Waals surface area contributed by atoms with Gasteiger partial charge >= 0.3 is 5.97 Å². The summed E-state index contributed by atoms with van der Waals surface area (Å²) in [5, 5.41) is 8.83. The zero-order chi connectivity index (χ0) is 14.0. The molecule has 0 aliphatic rings. The van der Waals surface area contributed by atoms with E-state index in [-0.39, 0.29) is 5.56 Å². The van der Waals surface area contributed by atoms with E-state index in [4.69, 9.17) is 9.84 Å². The number of nitrogens with zero attached hydrogens (tertiary/aromatic N) is 1. The highest BCUT2D eigenvalue weighted by molar-refractivity contribution is 5.89. The van der Waals surface area contributed by atoms with Crippen molar-refractivity contribution in [3.63, 3.8) is 0 Å². The summed E-state index contributed by atoms with van der Waals surface area (Å²) in [6.45, 7) is 0. The van der Waals surface area contributed by atoms with E-state index in [1.807, 2.05) is 0 Å². The Morgan fingerprint density at radius 1 is 1.21 bits per heavy atom. The fraction of sp³-hybridized carbons (Fsp3) is 0.0769. The van der Waals surface area contributed by atoms with Crippen molar-refractivity contribution in [2.45, 2.75) is 0 Å². The van der Waals surface area contributed by atoms with Crippen LogP contribution in [0.1, 0.15) is 10.4 Å². The normalized spacial score (nSPS) is 10.3. The number of hydrogen-bond acceptors (Lipinski definition) is 3. The predicted octanol–water partition coefficient (Wildman–Crippen LogP) is 2.73. The highest BCUT2D eigenvalue weighted by atomic mass is 19.1. The molecule has 2 aromatic rings. The molecule has 0 saturated carbocycles. The van der Waals surface area contributed by atoms with Crippen molar-refractivity contribution in [2.75, 3.05) is 7.11 Å². The molecule has 1 heterocycles. The third-order valence-electron chi connectivity index (χ3n) is 2.55. The van der Waals surface area contributed by atoms with Gasteiger partial charge in [0.1, 0.15) is 17.4 Å². The van der Waals surface area contributed by atoms with E-state index in [1.165, 1.54) is 25.6 Å². The highest BCUT2D eigenvalue weighted by Gasteiger charge is 2.16. The number of carboxylic acids is 1. The van der Waals surface area contributed by atoms with E-state index in [2.05, 4.69) is 4.98 Å². The van der Waals surface area contributed by atoms with Crippen molar-refractivity contribution >= 4 is 5.97 Å². The van der Waals surface area contributed by atoms with Crippen molar-refractivity contribution < 1.29 is 23.4 Å². The van der Waals surface area contributed by atoms with Crippen LogP contribution in [0.3, 0.4) is 0 Å². The molecule has 0 amide bonds. The van der Waals surface area contributed by atoms with Gasteiger partial charge in [-0.2, -0.15) is 0 Å². The second kappa shape index (κ2) is 5.01. The summed E-state index contributed by atoms with van der Waals surface area (Å²) in [7, 11) is 1.42. The van der Waals surface area contributed by atoms with Crippen LogP contribution in [0.4, 0.5) is 8.78 Å². The highest BCUT2D eigenvalue weighted by Crippen LogP contribution is 2.27. The molecule has 1 N–H and O–H groups in total. The van der Waals surface area contributed by atoms with Crippen LogP contribution < -0.4 is 4.74 Å². The number of carboxylic acid groups (broad SMARTS) is 1. The van der Waals surface area contributed by atoms with E-state index in [0.717, 1.165) is 6.07 Å². The standard InChI is InChI=1S/C13H9F2NO3/c1-19-8-2-7(5-16-6-8)9-3-10(13(17)18)12(15)4-11(9)14/h2-6H,1H3,(H,17,18). The molecule has 0 fully saturated rings. The third kappa shape index (κ3) is 2.52. The van der Waals surface area contributed by atoms with Gasteiger partial charge < -0.3 is 9.84 Å². The number of pyridine rings is 1. The second-order valence-electron chi connectivity index (χ2n) is 3.73. The Morgan fingerprint density at radius 3 is 2.58 bits per heavy atom. The first-order valence-corrected chi connectivity index (χ1v) is 5.24. The number of methoxy groups -OCH3 is 1. The molecular formula is C13H9F2NO3. The minimum Gasteiger partial charge on any atom is -0.495 e. The molecule has 6 heteroatoms. The van der Waals surface area contributed by atoms with E-state index in [9.17, 15) is 13.6 Å². The molecule has 0 radical (unpaired) electrons. The smallest absolute Gasteiger partial charge is 0.338 e. The summed E-state index contributed by atoms with van der Waals surface area (Å²) >= 11 is 0. The molecule has 98 valence electrons. The predicted molar refractivity (Wildman–Crippen MR) is 63.1 cm³/mol. The van der Waals surface area contributed by atoms with E-state index in [0.29, 0.717) is 17.4 Å². The summed E-state index contributed by atoms with van der Waals surface area (Å²) in [6.07, 6.45) is 2.76. The number of carbonyl (C=O) groups is 1. The van der Waals surface area contributed by atoms with Gasteiger partial charge in [-0.15, -0.1) is 0 Å². The molecule has 0 aliphatic heterocycles. The maximum Gasteiger partial charge on any atom is 0.338 e. The summed E-state index contributed by atoms with van der Waals surface area (Å²) in [5.74, 6) is -3.06. The zero-order valence-corrected chi connectivity index (χ0v) is 9.85. The van der Waals surface area contributed by atoms with Gasteiger partial charge in [0.05, 0.1) is 18.9 Å². The Hall–Kier alpha value is -2.50. The van der Waals surface area contributed by atoms with Gasteiger partial charge in [0.25, 0.3) is 0 Å². The average Bonchev–Trinajstić information content (AvgIpc) is 2.38. The molecule has 0 bridgehead atoms. The van der Waals surface area contributed by atoms with Gasteiger partial charge in [-0.25, -0.2) is 13.6 Å². The van der Waals surface area contributed by atoms with Gasteiger partial charge in [0.2, 0.25) is 0 Å². The third-order valence-corrected chi connectivity index (χ3v) is 2.55. The number of ether oxygens (including phenoxy) is 1. The molecule has 0 spiro atoms. The molecule has 0 atom stereocenters. The van der Waals surface area contributed by atoms with Crippen molar-refractivity contribution in [1.29, 1.82) is 0 Å². The lowest BCUT2D eigenvalue weighted by Gasteiger charge is -2.07. The summed E-state index contributed by atoms with van der Waals surface area (Å²) in [5.41, 5.74) is -0.344. The van der Waals surface area contributed by atoms with Crippen molar-refractivity contribution in [3.8, 4) is 16.9 Å². The van der Waals surface area contributed by atoms with Gasteiger partial charge in [0.15, 0.2) is 0 Å². The molecule has 0 aliphatic carbocycles. The van der Waals surface area contributed by atoms with Crippen molar-refractivity contribution in [1.82, 2.24) is 4.98 Å². The van der Waals surface area contributed by atoms with Crippen LogP contribution in [0, 0.1) is 11.6 Å². The van der Waals surface area contributed by atoms with Crippen LogP contribution in [0.2, 0.25) is 0 Å². The molecular weight excluding hydrogens is 256 g/mol. The molecule has 0 saturated heterocycles. The summed E-state index contributed by atoms with van der Waals surface area (Å²) in [6, 6.07) is 2.96. The van der Waals surface area contributed by atoms with E-state index < -0.39 is 23.2 Å². The lowest BCUT2D eigenvalue weighted by atomic mass is 10.0. The topological polar surface area (TPSA) is 59.4 Å². The van der Waals surface area contributed by atoms with Gasteiger partial charge in [0, 0.05) is 23.4 Å². The number of aromatic nitrogens is 1. The lowest BCUT2D eigenvalue weighted by molar-refractivity contribution is 0.0692. The first-order chi connectivity index (χ1) is 9.02. The molecule has 1 aromatic carbocycles. The fourth-order valence-electron chi connectivity index (χ4n) is 1.61. The van der Waals surface area contributed by atoms with Crippen molar-refractivity contribution in [2.24, 2.45) is 0 Å². The first-order valence-electron chi connectivity index (χ1n) is 5.24. The van der Waals surface area contributed by atoms with Crippen LogP contribution in [0.5, 0.6) is 5.75 Å². The SMILES string of the molecule is COc1cncc(-c2cc(C(=O)O)c(F)cc2F)c1. The summed E-state index contributed by atoms with van der Waals surface area (Å²) < 4.78 is 31.9. The van der Waals surface area contributed by atoms with Crippen LogP contribution >= 0.6 is 0 Å². The van der Waals surface area contributed by atoms with Crippen LogP contribution in [-0.4, -0.2) is 23.2 Å². The molecule has 19 heavy (non-hydrogen) atoms. The Morgan fingerprint density at radius 2 is 1.95 bits per heavy atom. The van der Waals surface area contributed by atoms with Crippen LogP contribution in [-0.2, 0) is 0 Å². The van der Waals surface area contributed by atoms with Crippen molar-refractivity contribution in [3.05, 3.63) is 47.8 Å². The minimum atomic E-state index is -1.46. The van der Waals surface area contributed by atoms with Gasteiger partial charge in [-0.3, -0.25) is 4.98 Å². The molecule has 0 unspecified atom stereocenters. The Kier molecular flexibility index (Phi) is 3.41. The van der Waals surface area contributed by atoms with E-state index >= 15 is 0 Å². The molecule has 2 rings (SSSR count). The minimum absolute atomic E-state index is 0.0507. The maximum absolute atomic E-state index is 13.7. The fourth-order valence-corrected chi connectivity index (χ4v) is 1.61. The zero-order valence-electron chi connectivity index (χ0n) is 9.85. The number of benzene rings is 1. The first kappa shape index (κ1) is 12.9. The largest absolute Gasteiger partial charge is 0.495 e. The second-order valence-corrected chi connectivity index (χ2v) is 3.73. The summed E-state index contributed by atoms with van der Waals surface area (Å²) in [4.78, 5) is 14.7. The number of rotatable bonds is 3. The lowest BCUT2D eigenvalue weighted by Crippen LogP contribution is -2.02. The quantitative estimate of drug-likeness (QED) is 0.927. The Balaban J connectivity index is 2.61. The van der Waals surface area contributed by atoms with Crippen LogP contribution in [0.15, 0.2) is 30.6 Å². The van der Waals surface area contributed by atoms with Gasteiger partial charge in [-0.1, -0.05) is 0 Å². The number of hydrogen-bond donors (Lipinski definition) is 1. The molecule has 1 aromatic heterocycles.